The zero-order chi connectivity index (χ0) is 8.72. The molecular weight excluding hydrogens is 193 g/mol. The van der Waals surface area contributed by atoms with Gasteiger partial charge in [-0.15, -0.1) is 0 Å². The topological polar surface area (TPSA) is 12.0 Å². The summed E-state index contributed by atoms with van der Waals surface area (Å²) in [5.74, 6) is 0. The maximum absolute atomic E-state index is 6.03. The molecule has 1 nitrogen and oxygen atoms in total. The van der Waals surface area contributed by atoms with E-state index < -0.39 is 0 Å². The van der Waals surface area contributed by atoms with Crippen molar-refractivity contribution in [2.45, 2.75) is 19.4 Å². The van der Waals surface area contributed by atoms with Crippen molar-refractivity contribution in [2.24, 2.45) is 0 Å². The highest BCUT2D eigenvalue weighted by Crippen LogP contribution is 2.36. The number of anilines is 1. The number of halogens is 2. The molecule has 0 saturated heterocycles. The average molecular weight is 202 g/mol. The molecule has 12 heavy (non-hydrogen) atoms. The van der Waals surface area contributed by atoms with Crippen LogP contribution in [0.5, 0.6) is 0 Å². The lowest BCUT2D eigenvalue weighted by Gasteiger charge is -2.02. The van der Waals surface area contributed by atoms with Gasteiger partial charge in [-0.25, -0.2) is 0 Å². The van der Waals surface area contributed by atoms with Gasteiger partial charge in [0.15, 0.2) is 0 Å². The molecular formula is C9H9Cl2N. The predicted octanol–water partition coefficient (Wildman–Crippen LogP) is 3.35. The molecule has 1 N–H and O–H groups in total. The number of hydrogen-bond acceptors (Lipinski definition) is 1. The molecule has 1 heterocycles. The summed E-state index contributed by atoms with van der Waals surface area (Å²) in [4.78, 5) is 0. The van der Waals surface area contributed by atoms with E-state index in [0.717, 1.165) is 17.7 Å². The van der Waals surface area contributed by atoms with Crippen molar-refractivity contribution in [1.29, 1.82) is 0 Å². The minimum absolute atomic E-state index is 0.468. The molecule has 1 aliphatic heterocycles. The Morgan fingerprint density at radius 3 is 2.92 bits per heavy atom. The van der Waals surface area contributed by atoms with Gasteiger partial charge >= 0.3 is 0 Å². The zero-order valence-corrected chi connectivity index (χ0v) is 8.21. The van der Waals surface area contributed by atoms with Crippen LogP contribution in [0, 0.1) is 0 Å². The molecule has 0 spiro atoms. The van der Waals surface area contributed by atoms with Crippen molar-refractivity contribution < 1.29 is 0 Å². The Bertz CT molecular complexity index is 323. The monoisotopic (exact) mass is 201 g/mol. The highest BCUT2D eigenvalue weighted by atomic mass is 35.5. The van der Waals surface area contributed by atoms with Gasteiger partial charge in [0.25, 0.3) is 0 Å². The first kappa shape index (κ1) is 8.21. The van der Waals surface area contributed by atoms with Crippen molar-refractivity contribution in [3.63, 3.8) is 0 Å². The van der Waals surface area contributed by atoms with Crippen LogP contribution in [-0.4, -0.2) is 6.04 Å². The Morgan fingerprint density at radius 1 is 1.42 bits per heavy atom. The van der Waals surface area contributed by atoms with Gasteiger partial charge in [0.05, 0.1) is 10.0 Å². The fourth-order valence-electron chi connectivity index (χ4n) is 1.55. The molecule has 0 radical (unpaired) electrons. The Kier molecular flexibility index (Phi) is 1.93. The maximum Gasteiger partial charge on any atom is 0.0645 e. The van der Waals surface area contributed by atoms with Gasteiger partial charge in [-0.2, -0.15) is 0 Å². The van der Waals surface area contributed by atoms with Gasteiger partial charge in [0.2, 0.25) is 0 Å². The molecule has 0 unspecified atom stereocenters. The molecule has 0 fully saturated rings. The summed E-state index contributed by atoms with van der Waals surface area (Å²) in [6, 6.07) is 4.27. The zero-order valence-electron chi connectivity index (χ0n) is 6.70. The van der Waals surface area contributed by atoms with Crippen molar-refractivity contribution in [3.8, 4) is 0 Å². The highest BCUT2D eigenvalue weighted by Gasteiger charge is 2.20. The van der Waals surface area contributed by atoms with Gasteiger partial charge in [-0.1, -0.05) is 23.2 Å². The molecule has 64 valence electrons. The molecule has 3 heteroatoms. The van der Waals surface area contributed by atoms with E-state index in [2.05, 4.69) is 12.2 Å². The van der Waals surface area contributed by atoms with Crippen molar-refractivity contribution in [1.82, 2.24) is 0 Å². The van der Waals surface area contributed by atoms with Crippen LogP contribution >= 0.6 is 23.2 Å². The first-order valence-corrected chi connectivity index (χ1v) is 4.67. The average Bonchev–Trinajstić information content (AvgIpc) is 2.39. The molecule has 1 aromatic rings. The second-order valence-electron chi connectivity index (χ2n) is 3.14. The summed E-state index contributed by atoms with van der Waals surface area (Å²) < 4.78 is 0. The normalized spacial score (nSPS) is 20.4. The second kappa shape index (κ2) is 2.82. The summed E-state index contributed by atoms with van der Waals surface area (Å²) in [7, 11) is 0. The maximum atomic E-state index is 6.03. The van der Waals surface area contributed by atoms with Gasteiger partial charge in [0.1, 0.15) is 0 Å². The van der Waals surface area contributed by atoms with E-state index in [-0.39, 0.29) is 0 Å². The quantitative estimate of drug-likeness (QED) is 0.680. The SMILES string of the molecule is C[C@H]1Cc2c(ccc(Cl)c2Cl)N1. The van der Waals surface area contributed by atoms with Crippen LogP contribution in [0.1, 0.15) is 12.5 Å². The Hall–Kier alpha value is -0.400. The molecule has 0 saturated carbocycles. The minimum atomic E-state index is 0.468. The van der Waals surface area contributed by atoms with E-state index in [4.69, 9.17) is 23.2 Å². The second-order valence-corrected chi connectivity index (χ2v) is 3.92. The summed E-state index contributed by atoms with van der Waals surface area (Å²) in [5.41, 5.74) is 2.27. The summed E-state index contributed by atoms with van der Waals surface area (Å²) in [6.07, 6.45) is 0.967. The van der Waals surface area contributed by atoms with E-state index in [1.54, 1.807) is 0 Å². The van der Waals surface area contributed by atoms with Crippen LogP contribution in [0.2, 0.25) is 10.0 Å². The van der Waals surface area contributed by atoms with Crippen LogP contribution in [-0.2, 0) is 6.42 Å². The molecule has 0 amide bonds. The number of hydrogen-bond donors (Lipinski definition) is 1. The van der Waals surface area contributed by atoms with Gasteiger partial charge < -0.3 is 5.32 Å². The first-order valence-electron chi connectivity index (χ1n) is 3.92. The minimum Gasteiger partial charge on any atom is -0.382 e. The molecule has 0 aromatic heterocycles. The third kappa shape index (κ3) is 1.17. The number of nitrogens with one attached hydrogen (secondary N) is 1. The standard InChI is InChI=1S/C9H9Cl2N/c1-5-4-6-8(12-5)3-2-7(10)9(6)11/h2-3,5,12H,4H2,1H3/t5-/m0/s1. The van der Waals surface area contributed by atoms with Crippen LogP contribution in [0.4, 0.5) is 5.69 Å². The largest absolute Gasteiger partial charge is 0.382 e. The summed E-state index contributed by atoms with van der Waals surface area (Å²) >= 11 is 11.9. The van der Waals surface area contributed by atoms with Gasteiger partial charge in [-0.05, 0) is 31.0 Å². The molecule has 0 bridgehead atoms. The molecule has 1 atom stereocenters. The third-order valence-corrected chi connectivity index (χ3v) is 2.95. The fourth-order valence-corrected chi connectivity index (χ4v) is 1.97. The molecule has 0 aliphatic carbocycles. The smallest absolute Gasteiger partial charge is 0.0645 e. The Labute approximate surface area is 81.7 Å². The van der Waals surface area contributed by atoms with Crippen LogP contribution < -0.4 is 5.32 Å². The lowest BCUT2D eigenvalue weighted by molar-refractivity contribution is 0.839. The Balaban J connectivity index is 2.54. The van der Waals surface area contributed by atoms with E-state index in [1.165, 1.54) is 0 Å². The first-order chi connectivity index (χ1) is 5.68. The Morgan fingerprint density at radius 2 is 2.17 bits per heavy atom. The molecule has 1 aliphatic rings. The van der Waals surface area contributed by atoms with Gasteiger partial charge in [0, 0.05) is 11.7 Å². The van der Waals surface area contributed by atoms with Crippen LogP contribution in [0.15, 0.2) is 12.1 Å². The van der Waals surface area contributed by atoms with Crippen LogP contribution in [0.25, 0.3) is 0 Å². The molecule has 1 aromatic carbocycles. The van der Waals surface area contributed by atoms with Crippen molar-refractivity contribution >= 4 is 28.9 Å². The number of fused-ring (bicyclic) bond motifs is 1. The third-order valence-electron chi connectivity index (χ3n) is 2.11. The lowest BCUT2D eigenvalue weighted by Crippen LogP contribution is -2.08. The fraction of sp³-hybridized carbons (Fsp3) is 0.333. The van der Waals surface area contributed by atoms with Crippen molar-refractivity contribution in [2.75, 3.05) is 5.32 Å². The number of rotatable bonds is 0. The van der Waals surface area contributed by atoms with E-state index in [1.807, 2.05) is 12.1 Å². The van der Waals surface area contributed by atoms with E-state index >= 15 is 0 Å². The van der Waals surface area contributed by atoms with E-state index in [0.29, 0.717) is 16.1 Å². The molecule has 2 rings (SSSR count). The van der Waals surface area contributed by atoms with E-state index in [9.17, 15) is 0 Å². The lowest BCUT2D eigenvalue weighted by atomic mass is 10.1. The summed E-state index contributed by atoms with van der Waals surface area (Å²) in [6.45, 7) is 2.13. The number of benzene rings is 1. The predicted molar refractivity (Wildman–Crippen MR) is 53.3 cm³/mol. The van der Waals surface area contributed by atoms with Crippen molar-refractivity contribution in [3.05, 3.63) is 27.7 Å². The van der Waals surface area contributed by atoms with Gasteiger partial charge in [-0.3, -0.25) is 0 Å². The summed E-state index contributed by atoms with van der Waals surface area (Å²) in [5, 5.41) is 4.67. The highest BCUT2D eigenvalue weighted by molar-refractivity contribution is 6.42. The van der Waals surface area contributed by atoms with Crippen LogP contribution in [0.3, 0.4) is 0 Å².